The number of piperazine rings is 1. The molecule has 1 aromatic rings. The molecule has 2 atom stereocenters. The van der Waals surface area contributed by atoms with E-state index < -0.39 is 0 Å². The van der Waals surface area contributed by atoms with Gasteiger partial charge in [-0.2, -0.15) is 0 Å². The van der Waals surface area contributed by atoms with Crippen molar-refractivity contribution in [1.29, 1.82) is 0 Å². The molecule has 2 bridgehead atoms. The van der Waals surface area contributed by atoms with Crippen LogP contribution in [0.15, 0.2) is 10.8 Å². The minimum atomic E-state index is -0.00671. The van der Waals surface area contributed by atoms with Gasteiger partial charge in [-0.05, 0) is 13.3 Å². The second-order valence-electron chi connectivity index (χ2n) is 4.18. The van der Waals surface area contributed by atoms with Gasteiger partial charge in [0.2, 0.25) is 5.76 Å². The molecule has 5 nitrogen and oxygen atoms in total. The van der Waals surface area contributed by atoms with Gasteiger partial charge in [0.1, 0.15) is 0 Å². The maximum absolute atomic E-state index is 12.1. The molecule has 15 heavy (non-hydrogen) atoms. The Hall–Kier alpha value is -1.36. The van der Waals surface area contributed by atoms with Crippen molar-refractivity contribution in [2.45, 2.75) is 25.4 Å². The number of hydrogen-bond donors (Lipinski definition) is 1. The van der Waals surface area contributed by atoms with Crippen molar-refractivity contribution in [2.24, 2.45) is 0 Å². The molecule has 5 heteroatoms. The third-order valence-corrected chi connectivity index (χ3v) is 3.27. The van der Waals surface area contributed by atoms with E-state index in [1.54, 1.807) is 6.92 Å². The van der Waals surface area contributed by atoms with Crippen LogP contribution in [-0.2, 0) is 0 Å². The second kappa shape index (κ2) is 3.06. The maximum atomic E-state index is 12.1. The van der Waals surface area contributed by atoms with Crippen LogP contribution >= 0.6 is 0 Å². The molecule has 1 N–H and O–H groups in total. The van der Waals surface area contributed by atoms with Crippen LogP contribution in [-0.4, -0.2) is 41.0 Å². The first-order valence-electron chi connectivity index (χ1n) is 5.21. The molecular formula is C10H13N3O2. The zero-order valence-corrected chi connectivity index (χ0v) is 8.56. The molecular weight excluding hydrogens is 194 g/mol. The Morgan fingerprint density at radius 1 is 1.60 bits per heavy atom. The van der Waals surface area contributed by atoms with Crippen molar-refractivity contribution < 1.29 is 9.21 Å². The first-order chi connectivity index (χ1) is 7.27. The normalized spacial score (nSPS) is 28.7. The third-order valence-electron chi connectivity index (χ3n) is 3.27. The number of fused-ring (bicyclic) bond motifs is 2. The van der Waals surface area contributed by atoms with E-state index in [1.807, 2.05) is 4.90 Å². The molecule has 1 aromatic heterocycles. The molecule has 2 saturated heterocycles. The molecule has 2 fully saturated rings. The number of carbonyl (C=O) groups is 1. The third kappa shape index (κ3) is 1.19. The number of rotatable bonds is 1. The average Bonchev–Trinajstić information content (AvgIpc) is 2.65. The minimum Gasteiger partial charge on any atom is -0.438 e. The van der Waals surface area contributed by atoms with Crippen molar-refractivity contribution in [3.63, 3.8) is 0 Å². The Morgan fingerprint density at radius 3 is 2.87 bits per heavy atom. The highest BCUT2D eigenvalue weighted by Crippen LogP contribution is 2.30. The van der Waals surface area contributed by atoms with Crippen LogP contribution in [0.1, 0.15) is 22.7 Å². The van der Waals surface area contributed by atoms with E-state index >= 15 is 0 Å². The van der Waals surface area contributed by atoms with Crippen LogP contribution in [0, 0.1) is 6.92 Å². The van der Waals surface area contributed by atoms with E-state index in [2.05, 4.69) is 10.3 Å². The van der Waals surface area contributed by atoms with Crippen LogP contribution in [0.3, 0.4) is 0 Å². The van der Waals surface area contributed by atoms with Gasteiger partial charge < -0.3 is 14.6 Å². The highest BCUT2D eigenvalue weighted by molar-refractivity contribution is 5.93. The zero-order chi connectivity index (χ0) is 10.4. The number of oxazole rings is 1. The highest BCUT2D eigenvalue weighted by Gasteiger charge is 2.45. The predicted octanol–water partition coefficient (Wildman–Crippen LogP) is 0.169. The molecule has 3 heterocycles. The molecule has 0 spiro atoms. The van der Waals surface area contributed by atoms with E-state index in [-0.39, 0.29) is 5.91 Å². The second-order valence-corrected chi connectivity index (χ2v) is 4.18. The number of nitrogens with zero attached hydrogens (tertiary/aromatic N) is 2. The lowest BCUT2D eigenvalue weighted by molar-refractivity contribution is -0.00470. The molecule has 3 rings (SSSR count). The van der Waals surface area contributed by atoms with Gasteiger partial charge in [0.05, 0.1) is 5.69 Å². The first-order valence-corrected chi connectivity index (χ1v) is 5.21. The van der Waals surface area contributed by atoms with Gasteiger partial charge in [0, 0.05) is 25.2 Å². The molecule has 0 radical (unpaired) electrons. The molecule has 2 aliphatic rings. The fraction of sp³-hybridized carbons (Fsp3) is 0.600. The fourth-order valence-corrected chi connectivity index (χ4v) is 2.44. The molecule has 0 saturated carbocycles. The topological polar surface area (TPSA) is 58.4 Å². The Balaban J connectivity index is 1.84. The standard InChI is InChI=1S/C10H13N3O2/c1-6-9(15-5-12-6)10(14)13-7-2-8(13)4-11-3-7/h5,7-8,11H,2-4H2,1H3. The Morgan fingerprint density at radius 2 is 2.33 bits per heavy atom. The summed E-state index contributed by atoms with van der Waals surface area (Å²) < 4.78 is 5.13. The lowest BCUT2D eigenvalue weighted by atomic mass is 9.88. The predicted molar refractivity (Wildman–Crippen MR) is 52.5 cm³/mol. The molecule has 1 amide bonds. The van der Waals surface area contributed by atoms with Gasteiger partial charge in [-0.3, -0.25) is 4.79 Å². The molecule has 2 aliphatic heterocycles. The number of aryl methyl sites for hydroxylation is 1. The smallest absolute Gasteiger partial charge is 0.292 e. The quantitative estimate of drug-likeness (QED) is 0.713. The maximum Gasteiger partial charge on any atom is 0.292 e. The lowest BCUT2D eigenvalue weighted by Gasteiger charge is -2.52. The van der Waals surface area contributed by atoms with Crippen molar-refractivity contribution in [2.75, 3.05) is 13.1 Å². The van der Waals surface area contributed by atoms with Crippen LogP contribution in [0.25, 0.3) is 0 Å². The Bertz CT molecular complexity index is 387. The van der Waals surface area contributed by atoms with E-state index in [4.69, 9.17) is 4.42 Å². The fourth-order valence-electron chi connectivity index (χ4n) is 2.44. The Labute approximate surface area is 87.5 Å². The summed E-state index contributed by atoms with van der Waals surface area (Å²) in [5.74, 6) is 0.388. The summed E-state index contributed by atoms with van der Waals surface area (Å²) in [5.41, 5.74) is 0.679. The SMILES string of the molecule is Cc1ncoc1C(=O)N1C2CNCC1C2. The first kappa shape index (κ1) is 8.91. The van der Waals surface area contributed by atoms with Crippen molar-refractivity contribution in [1.82, 2.24) is 15.2 Å². The summed E-state index contributed by atoms with van der Waals surface area (Å²) in [7, 11) is 0. The lowest BCUT2D eigenvalue weighted by Crippen LogP contribution is -2.69. The van der Waals surface area contributed by atoms with Gasteiger partial charge in [0.15, 0.2) is 6.39 Å². The summed E-state index contributed by atoms with van der Waals surface area (Å²) in [6.45, 7) is 3.59. The van der Waals surface area contributed by atoms with Gasteiger partial charge in [-0.15, -0.1) is 0 Å². The van der Waals surface area contributed by atoms with E-state index in [0.717, 1.165) is 19.5 Å². The summed E-state index contributed by atoms with van der Waals surface area (Å²) in [5, 5.41) is 3.29. The van der Waals surface area contributed by atoms with E-state index in [1.165, 1.54) is 6.39 Å². The van der Waals surface area contributed by atoms with Crippen molar-refractivity contribution in [3.05, 3.63) is 17.8 Å². The van der Waals surface area contributed by atoms with Gasteiger partial charge in [-0.25, -0.2) is 4.98 Å². The monoisotopic (exact) mass is 207 g/mol. The summed E-state index contributed by atoms with van der Waals surface area (Å²) in [6, 6.07) is 0.696. The minimum absolute atomic E-state index is 0.00671. The van der Waals surface area contributed by atoms with Gasteiger partial charge in [0.25, 0.3) is 5.91 Å². The number of piperidine rings is 1. The largest absolute Gasteiger partial charge is 0.438 e. The van der Waals surface area contributed by atoms with Crippen LogP contribution in [0.2, 0.25) is 0 Å². The summed E-state index contributed by atoms with van der Waals surface area (Å²) in [6.07, 6.45) is 2.45. The number of nitrogens with one attached hydrogen (secondary N) is 1. The molecule has 0 aliphatic carbocycles. The summed E-state index contributed by atoms with van der Waals surface area (Å²) in [4.78, 5) is 18.0. The van der Waals surface area contributed by atoms with Crippen molar-refractivity contribution >= 4 is 5.91 Å². The summed E-state index contributed by atoms with van der Waals surface area (Å²) >= 11 is 0. The highest BCUT2D eigenvalue weighted by atomic mass is 16.3. The average molecular weight is 207 g/mol. The zero-order valence-electron chi connectivity index (χ0n) is 8.56. The van der Waals surface area contributed by atoms with Crippen LogP contribution in [0.5, 0.6) is 0 Å². The molecule has 0 aromatic carbocycles. The number of hydrogen-bond acceptors (Lipinski definition) is 4. The Kier molecular flexibility index (Phi) is 1.82. The number of aromatic nitrogens is 1. The molecule has 2 unspecified atom stereocenters. The van der Waals surface area contributed by atoms with E-state index in [0.29, 0.717) is 23.5 Å². The van der Waals surface area contributed by atoms with Crippen LogP contribution in [0.4, 0.5) is 0 Å². The number of carbonyl (C=O) groups excluding carboxylic acids is 1. The van der Waals surface area contributed by atoms with Crippen LogP contribution < -0.4 is 5.32 Å². The van der Waals surface area contributed by atoms with Gasteiger partial charge in [-0.1, -0.05) is 0 Å². The molecule has 80 valence electrons. The van der Waals surface area contributed by atoms with Crippen molar-refractivity contribution in [3.8, 4) is 0 Å². The number of amides is 1. The van der Waals surface area contributed by atoms with Gasteiger partial charge >= 0.3 is 0 Å². The van der Waals surface area contributed by atoms with E-state index in [9.17, 15) is 4.79 Å².